The molecular weight excluding hydrogens is 372 g/mol. The van der Waals surface area contributed by atoms with Crippen LogP contribution in [0.4, 0.5) is 10.5 Å². The molecule has 0 saturated carbocycles. The number of nitrogens with one attached hydrogen (secondary N) is 2. The van der Waals surface area contributed by atoms with Gasteiger partial charge in [0.25, 0.3) is 0 Å². The van der Waals surface area contributed by atoms with E-state index in [-0.39, 0.29) is 31.0 Å². The number of rotatable bonds is 5. The van der Waals surface area contributed by atoms with Gasteiger partial charge >= 0.3 is 6.03 Å². The SMILES string of the molecule is Cc1cccc(NC(=O)N[C@H]2CCCCN(CC(=O)N3CCC[C@H]3CO)C2=O)c1. The molecule has 2 aliphatic rings. The van der Waals surface area contributed by atoms with Gasteiger partial charge in [-0.2, -0.15) is 0 Å². The highest BCUT2D eigenvalue weighted by Crippen LogP contribution is 2.19. The molecule has 2 heterocycles. The summed E-state index contributed by atoms with van der Waals surface area (Å²) in [6.45, 7) is 3.00. The first-order valence-corrected chi connectivity index (χ1v) is 10.3. The van der Waals surface area contributed by atoms with Crippen LogP contribution in [0.1, 0.15) is 37.7 Å². The smallest absolute Gasteiger partial charge is 0.319 e. The van der Waals surface area contributed by atoms with E-state index in [2.05, 4.69) is 10.6 Å². The summed E-state index contributed by atoms with van der Waals surface area (Å²) in [6, 6.07) is 6.21. The van der Waals surface area contributed by atoms with Crippen molar-refractivity contribution in [2.24, 2.45) is 0 Å². The summed E-state index contributed by atoms with van der Waals surface area (Å²) in [5.41, 5.74) is 1.70. The molecule has 158 valence electrons. The van der Waals surface area contributed by atoms with Crippen molar-refractivity contribution in [2.75, 3.05) is 31.6 Å². The molecule has 2 saturated heterocycles. The van der Waals surface area contributed by atoms with Gasteiger partial charge in [-0.1, -0.05) is 12.1 Å². The summed E-state index contributed by atoms with van der Waals surface area (Å²) in [7, 11) is 0. The van der Waals surface area contributed by atoms with E-state index in [1.54, 1.807) is 15.9 Å². The average molecular weight is 402 g/mol. The van der Waals surface area contributed by atoms with Gasteiger partial charge in [-0.3, -0.25) is 9.59 Å². The molecule has 8 heteroatoms. The van der Waals surface area contributed by atoms with Crippen LogP contribution in [0.25, 0.3) is 0 Å². The van der Waals surface area contributed by atoms with Crippen LogP contribution < -0.4 is 10.6 Å². The van der Waals surface area contributed by atoms with Crippen molar-refractivity contribution in [3.8, 4) is 0 Å². The van der Waals surface area contributed by atoms with Crippen LogP contribution in [0.5, 0.6) is 0 Å². The Hall–Kier alpha value is -2.61. The number of anilines is 1. The fourth-order valence-electron chi connectivity index (χ4n) is 4.05. The Balaban J connectivity index is 1.59. The molecule has 0 unspecified atom stereocenters. The van der Waals surface area contributed by atoms with E-state index in [1.807, 2.05) is 25.1 Å². The number of carbonyl (C=O) groups is 3. The lowest BCUT2D eigenvalue weighted by atomic mass is 10.1. The molecule has 0 aliphatic carbocycles. The first-order chi connectivity index (χ1) is 14.0. The van der Waals surface area contributed by atoms with E-state index < -0.39 is 12.1 Å². The standard InChI is InChI=1S/C21H30N4O4/c1-15-6-4-7-16(12-15)22-21(29)23-18-9-2-3-10-24(20(18)28)13-19(27)25-11-5-8-17(25)14-26/h4,6-7,12,17-18,26H,2-3,5,8-11,13-14H2,1H3,(H2,22,23,29)/t17-,18-/m0/s1. The topological polar surface area (TPSA) is 102 Å². The fraction of sp³-hybridized carbons (Fsp3) is 0.571. The summed E-state index contributed by atoms with van der Waals surface area (Å²) in [6.07, 6.45) is 3.80. The molecule has 0 bridgehead atoms. The number of benzene rings is 1. The number of urea groups is 1. The van der Waals surface area contributed by atoms with Gasteiger partial charge in [0.05, 0.1) is 19.2 Å². The minimum absolute atomic E-state index is 0.00693. The van der Waals surface area contributed by atoms with Crippen molar-refractivity contribution in [1.29, 1.82) is 0 Å². The highest BCUT2D eigenvalue weighted by atomic mass is 16.3. The Labute approximate surface area is 171 Å². The van der Waals surface area contributed by atoms with Crippen LogP contribution in [0.15, 0.2) is 24.3 Å². The molecule has 0 spiro atoms. The largest absolute Gasteiger partial charge is 0.394 e. The Kier molecular flexibility index (Phi) is 7.09. The highest BCUT2D eigenvalue weighted by Gasteiger charge is 2.33. The molecule has 3 N–H and O–H groups in total. The van der Waals surface area contributed by atoms with E-state index in [0.29, 0.717) is 25.2 Å². The summed E-state index contributed by atoms with van der Waals surface area (Å²) in [5, 5.41) is 15.0. The van der Waals surface area contributed by atoms with Crippen molar-refractivity contribution < 1.29 is 19.5 Å². The number of aryl methyl sites for hydroxylation is 1. The first-order valence-electron chi connectivity index (χ1n) is 10.3. The van der Waals surface area contributed by atoms with E-state index in [9.17, 15) is 19.5 Å². The number of carbonyl (C=O) groups excluding carboxylic acids is 3. The Morgan fingerprint density at radius 1 is 1.17 bits per heavy atom. The van der Waals surface area contributed by atoms with Gasteiger partial charge in [0.15, 0.2) is 0 Å². The van der Waals surface area contributed by atoms with Gasteiger partial charge in [-0.15, -0.1) is 0 Å². The molecule has 1 aromatic rings. The Bertz CT molecular complexity index is 754. The molecule has 2 atom stereocenters. The minimum Gasteiger partial charge on any atom is -0.394 e. The lowest BCUT2D eigenvalue weighted by Crippen LogP contribution is -2.52. The molecular formula is C21H30N4O4. The number of aliphatic hydroxyl groups excluding tert-OH is 1. The zero-order valence-corrected chi connectivity index (χ0v) is 16.9. The summed E-state index contributed by atoms with van der Waals surface area (Å²) in [4.78, 5) is 41.2. The molecule has 4 amide bonds. The minimum atomic E-state index is -0.651. The van der Waals surface area contributed by atoms with Gasteiger partial charge in [-0.25, -0.2) is 4.79 Å². The molecule has 2 aliphatic heterocycles. The zero-order valence-electron chi connectivity index (χ0n) is 16.9. The number of hydrogen-bond donors (Lipinski definition) is 3. The zero-order chi connectivity index (χ0) is 20.8. The Morgan fingerprint density at radius 3 is 2.76 bits per heavy atom. The maximum atomic E-state index is 13.0. The van der Waals surface area contributed by atoms with E-state index in [1.165, 1.54) is 0 Å². The Morgan fingerprint density at radius 2 is 2.00 bits per heavy atom. The predicted molar refractivity (Wildman–Crippen MR) is 109 cm³/mol. The molecule has 29 heavy (non-hydrogen) atoms. The van der Waals surface area contributed by atoms with Crippen molar-refractivity contribution >= 4 is 23.5 Å². The van der Waals surface area contributed by atoms with Crippen LogP contribution in [0.3, 0.4) is 0 Å². The lowest BCUT2D eigenvalue weighted by Gasteiger charge is -2.29. The van der Waals surface area contributed by atoms with Crippen LogP contribution in [0.2, 0.25) is 0 Å². The maximum absolute atomic E-state index is 13.0. The van der Waals surface area contributed by atoms with Crippen LogP contribution >= 0.6 is 0 Å². The maximum Gasteiger partial charge on any atom is 0.319 e. The van der Waals surface area contributed by atoms with E-state index in [4.69, 9.17) is 0 Å². The summed E-state index contributed by atoms with van der Waals surface area (Å²) >= 11 is 0. The van der Waals surface area contributed by atoms with Crippen molar-refractivity contribution in [1.82, 2.24) is 15.1 Å². The number of likely N-dealkylation sites (tertiary alicyclic amines) is 2. The van der Waals surface area contributed by atoms with Crippen LogP contribution in [0, 0.1) is 6.92 Å². The second-order valence-corrected chi connectivity index (χ2v) is 7.84. The number of hydrogen-bond acceptors (Lipinski definition) is 4. The van der Waals surface area contributed by atoms with Gasteiger partial charge in [0.1, 0.15) is 6.04 Å². The van der Waals surface area contributed by atoms with Crippen molar-refractivity contribution in [2.45, 2.75) is 51.1 Å². The normalized spacial score (nSPS) is 22.3. The van der Waals surface area contributed by atoms with E-state index >= 15 is 0 Å². The molecule has 1 aromatic carbocycles. The summed E-state index contributed by atoms with van der Waals surface area (Å²) < 4.78 is 0. The first kappa shape index (κ1) is 21.1. The predicted octanol–water partition coefficient (Wildman–Crippen LogP) is 1.48. The third kappa shape index (κ3) is 5.47. The monoisotopic (exact) mass is 402 g/mol. The molecule has 2 fully saturated rings. The van der Waals surface area contributed by atoms with E-state index in [0.717, 1.165) is 31.2 Å². The number of aliphatic hydroxyl groups is 1. The van der Waals surface area contributed by atoms with Crippen LogP contribution in [-0.4, -0.2) is 71.1 Å². The molecule has 0 aromatic heterocycles. The third-order valence-electron chi connectivity index (χ3n) is 5.60. The average Bonchev–Trinajstić information content (AvgIpc) is 3.11. The number of amides is 4. The van der Waals surface area contributed by atoms with Gasteiger partial charge in [0.2, 0.25) is 11.8 Å². The van der Waals surface area contributed by atoms with Gasteiger partial charge in [0, 0.05) is 18.8 Å². The molecule has 0 radical (unpaired) electrons. The van der Waals surface area contributed by atoms with Crippen molar-refractivity contribution in [3.63, 3.8) is 0 Å². The third-order valence-corrected chi connectivity index (χ3v) is 5.60. The number of nitrogens with zero attached hydrogens (tertiary/aromatic N) is 2. The van der Waals surface area contributed by atoms with Gasteiger partial charge < -0.3 is 25.5 Å². The quantitative estimate of drug-likeness (QED) is 0.694. The highest BCUT2D eigenvalue weighted by molar-refractivity contribution is 5.95. The molecule has 3 rings (SSSR count). The van der Waals surface area contributed by atoms with Crippen molar-refractivity contribution in [3.05, 3.63) is 29.8 Å². The second-order valence-electron chi connectivity index (χ2n) is 7.84. The fourth-order valence-corrected chi connectivity index (χ4v) is 4.05. The lowest BCUT2D eigenvalue weighted by molar-refractivity contribution is -0.142. The van der Waals surface area contributed by atoms with Gasteiger partial charge in [-0.05, 0) is 56.7 Å². The van der Waals surface area contributed by atoms with Crippen LogP contribution in [-0.2, 0) is 9.59 Å². The second kappa shape index (κ2) is 9.73. The summed E-state index contributed by atoms with van der Waals surface area (Å²) in [5.74, 6) is -0.366. The molecule has 8 nitrogen and oxygen atoms in total.